The van der Waals surface area contributed by atoms with Gasteiger partial charge in [0, 0.05) is 23.9 Å². The van der Waals surface area contributed by atoms with Crippen molar-refractivity contribution in [3.63, 3.8) is 0 Å². The summed E-state index contributed by atoms with van der Waals surface area (Å²) < 4.78 is 16.1. The monoisotopic (exact) mass is 471 g/mol. The minimum atomic E-state index is -1.04. The molecule has 0 radical (unpaired) electrons. The number of halogens is 1. The van der Waals surface area contributed by atoms with Crippen molar-refractivity contribution >= 4 is 34.6 Å². The predicted octanol–water partition coefficient (Wildman–Crippen LogP) is 5.05. The number of nitrogens with one attached hydrogen (secondary N) is 1. The summed E-state index contributed by atoms with van der Waals surface area (Å²) in [5, 5.41) is 3.41. The van der Waals surface area contributed by atoms with Crippen molar-refractivity contribution in [3.05, 3.63) is 75.1 Å². The van der Waals surface area contributed by atoms with E-state index in [1.165, 1.54) is 12.1 Å². The van der Waals surface area contributed by atoms with Crippen molar-refractivity contribution in [2.45, 2.75) is 52.2 Å². The van der Waals surface area contributed by atoms with Gasteiger partial charge in [0.25, 0.3) is 0 Å². The number of aryl methyl sites for hydroxylation is 1. The van der Waals surface area contributed by atoms with Gasteiger partial charge in [-0.25, -0.2) is 14.4 Å². The van der Waals surface area contributed by atoms with E-state index in [9.17, 15) is 14.4 Å². The lowest BCUT2D eigenvalue weighted by atomic mass is 10.1. The molecule has 1 atom stereocenters. The SMILES string of the molecule is CCc1cc(=O)oc2cc(OC(=O)[C@@H](Cc3ccccc3)NC(=O)OC(C)(C)C)c(Cl)cc12. The van der Waals surface area contributed by atoms with Gasteiger partial charge in [-0.1, -0.05) is 48.9 Å². The molecule has 0 aliphatic heterocycles. The predicted molar refractivity (Wildman–Crippen MR) is 126 cm³/mol. The zero-order valence-corrected chi connectivity index (χ0v) is 19.7. The summed E-state index contributed by atoms with van der Waals surface area (Å²) in [5.74, 6) is -0.713. The summed E-state index contributed by atoms with van der Waals surface area (Å²) in [4.78, 5) is 37.3. The molecule has 33 heavy (non-hydrogen) atoms. The van der Waals surface area contributed by atoms with Crippen molar-refractivity contribution in [2.75, 3.05) is 0 Å². The molecule has 0 aliphatic carbocycles. The minimum Gasteiger partial charge on any atom is -0.444 e. The van der Waals surface area contributed by atoms with Crippen molar-refractivity contribution in [1.82, 2.24) is 5.32 Å². The molecule has 1 aromatic heterocycles. The number of rotatable bonds is 6. The number of alkyl carbamates (subject to hydrolysis) is 1. The van der Waals surface area contributed by atoms with Crippen LogP contribution >= 0.6 is 11.6 Å². The second kappa shape index (κ2) is 10.1. The van der Waals surface area contributed by atoms with Crippen LogP contribution in [0.4, 0.5) is 4.79 Å². The quantitative estimate of drug-likeness (QED) is 0.307. The van der Waals surface area contributed by atoms with Crippen LogP contribution in [-0.2, 0) is 22.4 Å². The van der Waals surface area contributed by atoms with Gasteiger partial charge >= 0.3 is 17.7 Å². The van der Waals surface area contributed by atoms with Crippen molar-refractivity contribution < 1.29 is 23.5 Å². The fraction of sp³-hybridized carbons (Fsp3) is 0.320. The third kappa shape index (κ3) is 6.58. The molecule has 0 bridgehead atoms. The number of carbonyl (C=O) groups is 2. The van der Waals surface area contributed by atoms with Crippen molar-refractivity contribution in [3.8, 4) is 5.75 Å². The van der Waals surface area contributed by atoms with E-state index >= 15 is 0 Å². The number of hydrogen-bond donors (Lipinski definition) is 1. The van der Waals surface area contributed by atoms with Gasteiger partial charge < -0.3 is 19.2 Å². The third-order valence-electron chi connectivity index (χ3n) is 4.73. The molecule has 0 spiro atoms. The van der Waals surface area contributed by atoms with E-state index in [2.05, 4.69) is 5.32 Å². The molecular formula is C25H26ClNO6. The van der Waals surface area contributed by atoms with E-state index in [4.69, 9.17) is 25.5 Å². The van der Waals surface area contributed by atoms with Gasteiger partial charge in [-0.2, -0.15) is 0 Å². The van der Waals surface area contributed by atoms with E-state index < -0.39 is 29.3 Å². The average molecular weight is 472 g/mol. The second-order valence-electron chi connectivity index (χ2n) is 8.53. The highest BCUT2D eigenvalue weighted by atomic mass is 35.5. The maximum absolute atomic E-state index is 13.1. The summed E-state index contributed by atoms with van der Waals surface area (Å²) >= 11 is 6.36. The molecule has 8 heteroatoms. The average Bonchev–Trinajstić information content (AvgIpc) is 2.73. The summed E-state index contributed by atoms with van der Waals surface area (Å²) in [6, 6.07) is 12.6. The van der Waals surface area contributed by atoms with Crippen LogP contribution in [0.25, 0.3) is 11.0 Å². The maximum atomic E-state index is 13.1. The fourth-order valence-corrected chi connectivity index (χ4v) is 3.47. The Morgan fingerprint density at radius 3 is 2.45 bits per heavy atom. The van der Waals surface area contributed by atoms with Crippen LogP contribution in [0, 0.1) is 0 Å². The van der Waals surface area contributed by atoms with Crippen molar-refractivity contribution in [1.29, 1.82) is 0 Å². The van der Waals surface area contributed by atoms with Gasteiger partial charge in [-0.15, -0.1) is 0 Å². The Bertz CT molecular complexity index is 1210. The number of ether oxygens (including phenoxy) is 2. The standard InChI is InChI=1S/C25H26ClNO6/c1-5-16-12-22(28)31-20-14-21(18(26)13-17(16)20)32-23(29)19(11-15-9-7-6-8-10-15)27-24(30)33-25(2,3)4/h6-10,12-14,19H,5,11H2,1-4H3,(H,27,30)/t19-/m1/s1. The molecule has 1 heterocycles. The van der Waals surface area contributed by atoms with Gasteiger partial charge in [0.05, 0.1) is 5.02 Å². The maximum Gasteiger partial charge on any atom is 0.408 e. The first-order valence-corrected chi connectivity index (χ1v) is 10.9. The van der Waals surface area contributed by atoms with Crippen LogP contribution in [-0.4, -0.2) is 23.7 Å². The van der Waals surface area contributed by atoms with Crippen LogP contribution in [0.15, 0.2) is 57.7 Å². The van der Waals surface area contributed by atoms with Crippen molar-refractivity contribution in [2.24, 2.45) is 0 Å². The molecule has 174 valence electrons. The molecule has 0 fully saturated rings. The van der Waals surface area contributed by atoms with Crippen LogP contribution in [0.2, 0.25) is 5.02 Å². The van der Waals surface area contributed by atoms with Crippen LogP contribution < -0.4 is 15.7 Å². The van der Waals surface area contributed by atoms with Crippen LogP contribution in [0.5, 0.6) is 5.75 Å². The highest BCUT2D eigenvalue weighted by Crippen LogP contribution is 2.31. The summed E-state index contributed by atoms with van der Waals surface area (Å²) in [7, 11) is 0. The lowest BCUT2D eigenvalue weighted by Gasteiger charge is -2.23. The Kier molecular flexibility index (Phi) is 7.43. The van der Waals surface area contributed by atoms with Gasteiger partial charge in [0.15, 0.2) is 5.75 Å². The Morgan fingerprint density at radius 1 is 1.12 bits per heavy atom. The molecule has 3 aromatic rings. The van der Waals surface area contributed by atoms with Gasteiger partial charge in [-0.3, -0.25) is 0 Å². The molecule has 0 unspecified atom stereocenters. The number of esters is 1. The molecule has 3 rings (SSSR count). The second-order valence-corrected chi connectivity index (χ2v) is 8.94. The number of hydrogen-bond acceptors (Lipinski definition) is 6. The molecule has 0 saturated heterocycles. The molecule has 2 aromatic carbocycles. The highest BCUT2D eigenvalue weighted by molar-refractivity contribution is 6.33. The first-order valence-electron chi connectivity index (χ1n) is 10.6. The lowest BCUT2D eigenvalue weighted by Crippen LogP contribution is -2.46. The Hall–Kier alpha value is -3.32. The van der Waals surface area contributed by atoms with Crippen LogP contribution in [0.3, 0.4) is 0 Å². The van der Waals surface area contributed by atoms with E-state index in [1.54, 1.807) is 26.8 Å². The van der Waals surface area contributed by atoms with Gasteiger partial charge in [-0.05, 0) is 44.4 Å². The topological polar surface area (TPSA) is 94.8 Å². The lowest BCUT2D eigenvalue weighted by molar-refractivity contribution is -0.136. The molecular weight excluding hydrogens is 446 g/mol. The normalized spacial score (nSPS) is 12.3. The molecule has 1 amide bonds. The zero-order valence-electron chi connectivity index (χ0n) is 18.9. The zero-order chi connectivity index (χ0) is 24.2. The summed E-state index contributed by atoms with van der Waals surface area (Å²) in [6.45, 7) is 7.09. The molecule has 0 saturated carbocycles. The molecule has 0 aliphatic rings. The number of carbonyl (C=O) groups excluding carboxylic acids is 2. The highest BCUT2D eigenvalue weighted by Gasteiger charge is 2.27. The first-order chi connectivity index (χ1) is 15.6. The van der Waals surface area contributed by atoms with Gasteiger partial charge in [0.2, 0.25) is 0 Å². The van der Waals surface area contributed by atoms with E-state index in [0.29, 0.717) is 11.8 Å². The smallest absolute Gasteiger partial charge is 0.408 e. The summed E-state index contributed by atoms with van der Waals surface area (Å²) in [5.41, 5.74) is 0.605. The third-order valence-corrected chi connectivity index (χ3v) is 5.03. The molecule has 7 nitrogen and oxygen atoms in total. The van der Waals surface area contributed by atoms with E-state index in [0.717, 1.165) is 11.1 Å². The number of amides is 1. The van der Waals surface area contributed by atoms with E-state index in [-0.39, 0.29) is 22.8 Å². The van der Waals surface area contributed by atoms with Gasteiger partial charge in [0.1, 0.15) is 17.2 Å². The fourth-order valence-electron chi connectivity index (χ4n) is 3.27. The first kappa shape index (κ1) is 24.3. The Balaban J connectivity index is 1.89. The number of benzene rings is 2. The summed E-state index contributed by atoms with van der Waals surface area (Å²) in [6.07, 6.45) is 0.0407. The minimum absolute atomic E-state index is 0.0228. The largest absolute Gasteiger partial charge is 0.444 e. The Morgan fingerprint density at radius 2 is 1.82 bits per heavy atom. The van der Waals surface area contributed by atoms with E-state index in [1.807, 2.05) is 37.3 Å². The van der Waals surface area contributed by atoms with Crippen LogP contribution in [0.1, 0.15) is 38.8 Å². The Labute approximate surface area is 196 Å². The molecule has 1 N–H and O–H groups in total. The number of fused-ring (bicyclic) bond motifs is 1.